The van der Waals surface area contributed by atoms with Crippen molar-refractivity contribution in [2.75, 3.05) is 31.7 Å². The minimum Gasteiger partial charge on any atom is -0.381 e. The second-order valence-corrected chi connectivity index (χ2v) is 6.16. The van der Waals surface area contributed by atoms with Crippen LogP contribution in [0.1, 0.15) is 42.8 Å². The summed E-state index contributed by atoms with van der Waals surface area (Å²) in [7, 11) is 2.19. The van der Waals surface area contributed by atoms with Crippen molar-refractivity contribution in [2.24, 2.45) is 5.92 Å². The molecule has 2 heterocycles. The predicted molar refractivity (Wildman–Crippen MR) is 80.2 cm³/mol. The van der Waals surface area contributed by atoms with Gasteiger partial charge in [0.15, 0.2) is 0 Å². The minimum absolute atomic E-state index is 0.739. The number of aryl methyl sites for hydroxylation is 2. The lowest BCUT2D eigenvalue weighted by molar-refractivity contribution is 0.0685. The van der Waals surface area contributed by atoms with Crippen LogP contribution in [0.4, 0.5) is 5.82 Å². The molecule has 20 heavy (non-hydrogen) atoms. The molecule has 1 aromatic rings. The lowest BCUT2D eigenvalue weighted by Gasteiger charge is -2.30. The fourth-order valence-electron chi connectivity index (χ4n) is 3.41. The summed E-state index contributed by atoms with van der Waals surface area (Å²) in [5.74, 6) is 2.83. The van der Waals surface area contributed by atoms with Gasteiger partial charge in [-0.1, -0.05) is 0 Å². The maximum atomic E-state index is 5.45. The Morgan fingerprint density at radius 1 is 1.15 bits per heavy atom. The van der Waals surface area contributed by atoms with Crippen LogP contribution in [0.3, 0.4) is 0 Å². The molecule has 0 saturated carbocycles. The van der Waals surface area contributed by atoms with Crippen molar-refractivity contribution in [3.63, 3.8) is 0 Å². The van der Waals surface area contributed by atoms with E-state index < -0.39 is 0 Å². The van der Waals surface area contributed by atoms with Crippen LogP contribution >= 0.6 is 0 Å². The van der Waals surface area contributed by atoms with Gasteiger partial charge in [0, 0.05) is 38.1 Å². The molecule has 0 spiro atoms. The quantitative estimate of drug-likeness (QED) is 0.849. The van der Waals surface area contributed by atoms with Crippen molar-refractivity contribution in [2.45, 2.75) is 45.4 Å². The zero-order valence-corrected chi connectivity index (χ0v) is 12.7. The van der Waals surface area contributed by atoms with E-state index in [4.69, 9.17) is 9.72 Å². The lowest BCUT2D eigenvalue weighted by Crippen LogP contribution is -2.31. The van der Waals surface area contributed by atoms with Gasteiger partial charge in [0.05, 0.1) is 0 Å². The number of nitrogens with zero attached hydrogens (tertiary/aromatic N) is 3. The van der Waals surface area contributed by atoms with Crippen LogP contribution in [-0.2, 0) is 17.6 Å². The molecule has 1 saturated heterocycles. The number of rotatable bonds is 3. The van der Waals surface area contributed by atoms with Crippen molar-refractivity contribution in [1.29, 1.82) is 0 Å². The third-order valence-corrected chi connectivity index (χ3v) is 4.51. The van der Waals surface area contributed by atoms with Crippen molar-refractivity contribution >= 4 is 5.82 Å². The molecule has 0 N–H and O–H groups in total. The zero-order valence-electron chi connectivity index (χ0n) is 12.7. The lowest BCUT2D eigenvalue weighted by atomic mass is 9.95. The first-order valence-corrected chi connectivity index (χ1v) is 7.89. The van der Waals surface area contributed by atoms with E-state index in [1.54, 1.807) is 0 Å². The number of anilines is 1. The number of aromatic nitrogens is 2. The Morgan fingerprint density at radius 2 is 1.90 bits per heavy atom. The Hall–Kier alpha value is -1.16. The van der Waals surface area contributed by atoms with E-state index in [-0.39, 0.29) is 0 Å². The Balaban J connectivity index is 1.79. The van der Waals surface area contributed by atoms with Crippen molar-refractivity contribution in [3.05, 3.63) is 17.1 Å². The molecule has 0 aromatic carbocycles. The highest BCUT2D eigenvalue weighted by molar-refractivity contribution is 5.49. The van der Waals surface area contributed by atoms with Crippen molar-refractivity contribution in [1.82, 2.24) is 9.97 Å². The van der Waals surface area contributed by atoms with E-state index in [2.05, 4.69) is 16.9 Å². The number of hydrogen-bond donors (Lipinski definition) is 0. The molecule has 0 radical (unpaired) electrons. The third-order valence-electron chi connectivity index (χ3n) is 4.51. The SMILES string of the molecule is Cc1nc2c(c(N(C)CC3CCOCC3)n1)CCCC2. The summed E-state index contributed by atoms with van der Waals surface area (Å²) in [5, 5.41) is 0. The fraction of sp³-hybridized carbons (Fsp3) is 0.750. The van der Waals surface area contributed by atoms with Crippen LogP contribution in [-0.4, -0.2) is 36.8 Å². The largest absolute Gasteiger partial charge is 0.381 e. The average molecular weight is 275 g/mol. The van der Waals surface area contributed by atoms with Crippen LogP contribution in [0.5, 0.6) is 0 Å². The standard InChI is InChI=1S/C16H25N3O/c1-12-17-15-6-4-3-5-14(15)16(18-12)19(2)11-13-7-9-20-10-8-13/h13H,3-11H2,1-2H3. The molecule has 0 atom stereocenters. The molecule has 1 fully saturated rings. The number of fused-ring (bicyclic) bond motifs is 1. The molecule has 1 aliphatic carbocycles. The minimum atomic E-state index is 0.739. The van der Waals surface area contributed by atoms with Gasteiger partial charge in [0.2, 0.25) is 0 Å². The maximum absolute atomic E-state index is 5.45. The molecule has 2 aliphatic rings. The van der Waals surface area contributed by atoms with Crippen molar-refractivity contribution < 1.29 is 4.74 Å². The maximum Gasteiger partial charge on any atom is 0.135 e. The second kappa shape index (κ2) is 6.08. The molecule has 1 aliphatic heterocycles. The highest BCUT2D eigenvalue weighted by atomic mass is 16.5. The molecule has 1 aromatic heterocycles. The number of ether oxygens (including phenoxy) is 1. The fourth-order valence-corrected chi connectivity index (χ4v) is 3.41. The van der Waals surface area contributed by atoms with Gasteiger partial charge in [-0.05, 0) is 51.4 Å². The summed E-state index contributed by atoms with van der Waals surface area (Å²) in [5.41, 5.74) is 2.69. The van der Waals surface area contributed by atoms with Gasteiger partial charge in [0.25, 0.3) is 0 Å². The van der Waals surface area contributed by atoms with Gasteiger partial charge in [-0.25, -0.2) is 9.97 Å². The van der Waals surface area contributed by atoms with Crippen LogP contribution < -0.4 is 4.90 Å². The van der Waals surface area contributed by atoms with Gasteiger partial charge >= 0.3 is 0 Å². The van der Waals surface area contributed by atoms with E-state index >= 15 is 0 Å². The van der Waals surface area contributed by atoms with Gasteiger partial charge in [-0.3, -0.25) is 0 Å². The Labute approximate surface area is 121 Å². The molecule has 0 bridgehead atoms. The number of hydrogen-bond acceptors (Lipinski definition) is 4. The summed E-state index contributed by atoms with van der Waals surface area (Å²) in [4.78, 5) is 11.7. The summed E-state index contributed by atoms with van der Waals surface area (Å²) in [6.45, 7) is 4.94. The third kappa shape index (κ3) is 2.95. The highest BCUT2D eigenvalue weighted by Gasteiger charge is 2.22. The Morgan fingerprint density at radius 3 is 2.70 bits per heavy atom. The molecule has 4 heteroatoms. The first kappa shape index (κ1) is 13.8. The van der Waals surface area contributed by atoms with E-state index in [9.17, 15) is 0 Å². The molecule has 0 unspecified atom stereocenters. The normalized spacial score (nSPS) is 19.7. The molecule has 0 amide bonds. The molecular weight excluding hydrogens is 250 g/mol. The topological polar surface area (TPSA) is 38.2 Å². The van der Waals surface area contributed by atoms with Crippen LogP contribution in [0, 0.1) is 12.8 Å². The van der Waals surface area contributed by atoms with E-state index in [0.717, 1.165) is 44.3 Å². The van der Waals surface area contributed by atoms with Gasteiger partial charge in [0.1, 0.15) is 11.6 Å². The average Bonchev–Trinajstić information content (AvgIpc) is 2.47. The second-order valence-electron chi connectivity index (χ2n) is 6.16. The van der Waals surface area contributed by atoms with E-state index in [0.29, 0.717) is 0 Å². The van der Waals surface area contributed by atoms with Crippen LogP contribution in [0.25, 0.3) is 0 Å². The molecular formula is C16H25N3O. The Kier molecular flexibility index (Phi) is 4.20. The zero-order chi connectivity index (χ0) is 13.9. The Bertz CT molecular complexity index is 469. The van der Waals surface area contributed by atoms with Crippen LogP contribution in [0.2, 0.25) is 0 Å². The van der Waals surface area contributed by atoms with Gasteiger partial charge in [-0.15, -0.1) is 0 Å². The summed E-state index contributed by atoms with van der Waals surface area (Å²) in [6, 6.07) is 0. The van der Waals surface area contributed by atoms with E-state index in [1.807, 2.05) is 6.92 Å². The molecule has 4 nitrogen and oxygen atoms in total. The summed E-state index contributed by atoms with van der Waals surface area (Å²) < 4.78 is 5.45. The first-order chi connectivity index (χ1) is 9.74. The van der Waals surface area contributed by atoms with E-state index in [1.165, 1.54) is 42.8 Å². The first-order valence-electron chi connectivity index (χ1n) is 7.89. The monoisotopic (exact) mass is 275 g/mol. The molecule has 110 valence electrons. The van der Waals surface area contributed by atoms with Crippen molar-refractivity contribution in [3.8, 4) is 0 Å². The highest BCUT2D eigenvalue weighted by Crippen LogP contribution is 2.28. The predicted octanol–water partition coefficient (Wildman–Crippen LogP) is 2.53. The molecule has 3 rings (SSSR count). The summed E-state index contributed by atoms with van der Waals surface area (Å²) >= 11 is 0. The summed E-state index contributed by atoms with van der Waals surface area (Å²) in [6.07, 6.45) is 7.16. The smallest absolute Gasteiger partial charge is 0.135 e. The van der Waals surface area contributed by atoms with Crippen LogP contribution in [0.15, 0.2) is 0 Å². The van der Waals surface area contributed by atoms with Gasteiger partial charge in [-0.2, -0.15) is 0 Å². The van der Waals surface area contributed by atoms with Gasteiger partial charge < -0.3 is 9.64 Å².